The lowest BCUT2D eigenvalue weighted by Gasteiger charge is -2.40. The zero-order chi connectivity index (χ0) is 13.2. The molecule has 1 saturated heterocycles. The lowest BCUT2D eigenvalue weighted by Crippen LogP contribution is -2.57. The average Bonchev–Trinajstić information content (AvgIpc) is 3.19. The van der Waals surface area contributed by atoms with E-state index in [1.807, 2.05) is 17.9 Å². The van der Waals surface area contributed by atoms with E-state index >= 15 is 0 Å². The molecule has 0 bridgehead atoms. The molecule has 1 aromatic rings. The van der Waals surface area contributed by atoms with Gasteiger partial charge >= 0.3 is 0 Å². The minimum absolute atomic E-state index is 0.682. The second-order valence-corrected chi connectivity index (χ2v) is 6.11. The Kier molecular flexibility index (Phi) is 3.89. The third-order valence-corrected chi connectivity index (χ3v) is 4.78. The summed E-state index contributed by atoms with van der Waals surface area (Å²) in [6, 6.07) is 3.60. The fourth-order valence-corrected chi connectivity index (χ4v) is 3.28. The van der Waals surface area contributed by atoms with Crippen LogP contribution in [0.3, 0.4) is 0 Å². The van der Waals surface area contributed by atoms with Gasteiger partial charge in [-0.3, -0.25) is 9.58 Å². The molecule has 2 unspecified atom stereocenters. The smallest absolute Gasteiger partial charge is 0.0492 e. The Morgan fingerprint density at radius 2 is 2.26 bits per heavy atom. The standard InChI is InChI=1S/C15H26N4/c1-3-13-11-19(15(10-16-13)12-4-5-12)9-7-14-6-8-17-18(14)2/h6,8,12-13,15-16H,3-5,7,9-11H2,1-2H3. The zero-order valence-corrected chi connectivity index (χ0v) is 12.2. The van der Waals surface area contributed by atoms with E-state index < -0.39 is 0 Å². The van der Waals surface area contributed by atoms with Gasteiger partial charge in [0.1, 0.15) is 0 Å². The maximum absolute atomic E-state index is 4.26. The monoisotopic (exact) mass is 262 g/mol. The van der Waals surface area contributed by atoms with Gasteiger partial charge in [-0.25, -0.2) is 0 Å². The largest absolute Gasteiger partial charge is 0.311 e. The Morgan fingerprint density at radius 3 is 2.89 bits per heavy atom. The van der Waals surface area contributed by atoms with Gasteiger partial charge in [0.05, 0.1) is 0 Å². The summed E-state index contributed by atoms with van der Waals surface area (Å²) in [5.41, 5.74) is 1.35. The Hall–Kier alpha value is -0.870. The number of aromatic nitrogens is 2. The number of nitrogens with one attached hydrogen (secondary N) is 1. The Labute approximate surface area is 116 Å². The molecule has 0 aromatic carbocycles. The number of nitrogens with zero attached hydrogens (tertiary/aromatic N) is 3. The third-order valence-electron chi connectivity index (χ3n) is 4.78. The van der Waals surface area contributed by atoms with Gasteiger partial charge in [0.15, 0.2) is 0 Å². The van der Waals surface area contributed by atoms with Crippen molar-refractivity contribution in [2.75, 3.05) is 19.6 Å². The first-order valence-corrected chi connectivity index (χ1v) is 7.72. The van der Waals surface area contributed by atoms with Crippen LogP contribution in [0.15, 0.2) is 12.3 Å². The Balaban J connectivity index is 1.60. The predicted molar refractivity (Wildman–Crippen MR) is 77.1 cm³/mol. The summed E-state index contributed by atoms with van der Waals surface area (Å²) in [4.78, 5) is 2.73. The third kappa shape index (κ3) is 3.00. The van der Waals surface area contributed by atoms with Crippen LogP contribution in [0.2, 0.25) is 0 Å². The predicted octanol–water partition coefficient (Wildman–Crippen LogP) is 1.42. The first-order chi connectivity index (χ1) is 9.28. The summed E-state index contributed by atoms with van der Waals surface area (Å²) in [6.45, 7) is 5.87. The van der Waals surface area contributed by atoms with Crippen LogP contribution in [0, 0.1) is 5.92 Å². The number of rotatable bonds is 5. The van der Waals surface area contributed by atoms with Crippen LogP contribution in [-0.4, -0.2) is 46.4 Å². The molecule has 2 fully saturated rings. The van der Waals surface area contributed by atoms with Gasteiger partial charge in [0.25, 0.3) is 0 Å². The highest BCUT2D eigenvalue weighted by Crippen LogP contribution is 2.36. The Morgan fingerprint density at radius 1 is 1.42 bits per heavy atom. The molecule has 106 valence electrons. The van der Waals surface area contributed by atoms with Crippen molar-refractivity contribution in [2.24, 2.45) is 13.0 Å². The van der Waals surface area contributed by atoms with Gasteiger partial charge in [-0.2, -0.15) is 5.10 Å². The van der Waals surface area contributed by atoms with Crippen molar-refractivity contribution in [3.8, 4) is 0 Å². The van der Waals surface area contributed by atoms with E-state index in [2.05, 4.69) is 28.3 Å². The highest BCUT2D eigenvalue weighted by Gasteiger charge is 2.38. The average molecular weight is 262 g/mol. The number of aryl methyl sites for hydroxylation is 1. The molecule has 1 aromatic heterocycles. The summed E-state index contributed by atoms with van der Waals surface area (Å²) in [5.74, 6) is 0.955. The number of hydrogen-bond acceptors (Lipinski definition) is 3. The molecule has 4 heteroatoms. The molecule has 2 aliphatic rings. The molecule has 0 radical (unpaired) electrons. The maximum Gasteiger partial charge on any atom is 0.0492 e. The van der Waals surface area contributed by atoms with E-state index in [4.69, 9.17) is 0 Å². The second kappa shape index (κ2) is 5.63. The van der Waals surface area contributed by atoms with Crippen molar-refractivity contribution < 1.29 is 0 Å². The lowest BCUT2D eigenvalue weighted by molar-refractivity contribution is 0.114. The van der Waals surface area contributed by atoms with E-state index in [0.717, 1.165) is 18.4 Å². The summed E-state index contributed by atoms with van der Waals surface area (Å²) >= 11 is 0. The highest BCUT2D eigenvalue weighted by molar-refractivity contribution is 5.02. The van der Waals surface area contributed by atoms with Gasteiger partial charge in [-0.05, 0) is 31.2 Å². The summed E-state index contributed by atoms with van der Waals surface area (Å²) in [5, 5.41) is 7.98. The van der Waals surface area contributed by atoms with E-state index in [9.17, 15) is 0 Å². The van der Waals surface area contributed by atoms with E-state index in [1.165, 1.54) is 44.6 Å². The highest BCUT2D eigenvalue weighted by atomic mass is 15.3. The Bertz CT molecular complexity index is 410. The van der Waals surface area contributed by atoms with Crippen LogP contribution in [0.4, 0.5) is 0 Å². The van der Waals surface area contributed by atoms with E-state index in [-0.39, 0.29) is 0 Å². The number of hydrogen-bond donors (Lipinski definition) is 1. The van der Waals surface area contributed by atoms with Crippen molar-refractivity contribution in [2.45, 2.75) is 44.7 Å². The molecule has 1 aliphatic carbocycles. The molecule has 3 rings (SSSR count). The van der Waals surface area contributed by atoms with E-state index in [1.54, 1.807) is 0 Å². The van der Waals surface area contributed by atoms with Gasteiger partial charge in [-0.15, -0.1) is 0 Å². The van der Waals surface area contributed by atoms with Gasteiger partial charge in [-0.1, -0.05) is 6.92 Å². The molecule has 2 atom stereocenters. The van der Waals surface area contributed by atoms with Gasteiger partial charge in [0, 0.05) is 57.1 Å². The second-order valence-electron chi connectivity index (χ2n) is 6.11. The van der Waals surface area contributed by atoms with Gasteiger partial charge < -0.3 is 5.32 Å². The van der Waals surface area contributed by atoms with Crippen LogP contribution in [0.1, 0.15) is 31.9 Å². The van der Waals surface area contributed by atoms with Crippen molar-refractivity contribution in [3.05, 3.63) is 18.0 Å². The topological polar surface area (TPSA) is 33.1 Å². The van der Waals surface area contributed by atoms with E-state index in [0.29, 0.717) is 6.04 Å². The van der Waals surface area contributed by atoms with Crippen LogP contribution < -0.4 is 5.32 Å². The molecule has 1 aliphatic heterocycles. The van der Waals surface area contributed by atoms with Crippen molar-refractivity contribution >= 4 is 0 Å². The lowest BCUT2D eigenvalue weighted by atomic mass is 10.0. The van der Waals surface area contributed by atoms with Crippen molar-refractivity contribution in [1.29, 1.82) is 0 Å². The summed E-state index contributed by atoms with van der Waals surface area (Å²) in [6.07, 6.45) is 7.13. The minimum atomic E-state index is 0.682. The first kappa shape index (κ1) is 13.1. The molecule has 19 heavy (non-hydrogen) atoms. The van der Waals surface area contributed by atoms with Crippen LogP contribution >= 0.6 is 0 Å². The van der Waals surface area contributed by atoms with Crippen molar-refractivity contribution in [1.82, 2.24) is 20.0 Å². The maximum atomic E-state index is 4.26. The number of piperazine rings is 1. The first-order valence-electron chi connectivity index (χ1n) is 7.72. The fraction of sp³-hybridized carbons (Fsp3) is 0.800. The molecular weight excluding hydrogens is 236 g/mol. The molecule has 1 N–H and O–H groups in total. The fourth-order valence-electron chi connectivity index (χ4n) is 3.28. The van der Waals surface area contributed by atoms with Crippen LogP contribution in [0.25, 0.3) is 0 Å². The van der Waals surface area contributed by atoms with Crippen LogP contribution in [-0.2, 0) is 13.5 Å². The minimum Gasteiger partial charge on any atom is -0.311 e. The van der Waals surface area contributed by atoms with Crippen molar-refractivity contribution in [3.63, 3.8) is 0 Å². The quantitative estimate of drug-likeness (QED) is 0.871. The molecule has 4 nitrogen and oxygen atoms in total. The van der Waals surface area contributed by atoms with Gasteiger partial charge in [0.2, 0.25) is 0 Å². The molecule has 0 amide bonds. The molecular formula is C15H26N4. The molecule has 0 spiro atoms. The SMILES string of the molecule is CCC1CN(CCc2ccnn2C)C(C2CC2)CN1. The zero-order valence-electron chi connectivity index (χ0n) is 12.2. The molecule has 2 heterocycles. The summed E-state index contributed by atoms with van der Waals surface area (Å²) < 4.78 is 2.01. The normalized spacial score (nSPS) is 28.7. The molecule has 1 saturated carbocycles. The van der Waals surface area contributed by atoms with Crippen LogP contribution in [0.5, 0.6) is 0 Å². The summed E-state index contributed by atoms with van der Waals surface area (Å²) in [7, 11) is 2.04.